The van der Waals surface area contributed by atoms with Crippen LogP contribution in [0.25, 0.3) is 0 Å². The zero-order chi connectivity index (χ0) is 10.9. The summed E-state index contributed by atoms with van der Waals surface area (Å²) in [7, 11) is -4.81. The maximum atomic E-state index is 11.1. The summed E-state index contributed by atoms with van der Waals surface area (Å²) in [5.41, 5.74) is 0. The predicted molar refractivity (Wildman–Crippen MR) is 50.6 cm³/mol. The van der Waals surface area contributed by atoms with Crippen LogP contribution in [-0.2, 0) is 23.8 Å². The van der Waals surface area contributed by atoms with Crippen LogP contribution in [-0.4, -0.2) is 14.4 Å². The Morgan fingerprint density at radius 1 is 1.14 bits per heavy atom. The second kappa shape index (κ2) is 2.40. The van der Waals surface area contributed by atoms with E-state index in [4.69, 9.17) is 0 Å². The molecule has 0 bridgehead atoms. The van der Waals surface area contributed by atoms with Gasteiger partial charge in [0.1, 0.15) is 0 Å². The van der Waals surface area contributed by atoms with E-state index in [0.29, 0.717) is 10.9 Å². The normalized spacial score (nSPS) is 19.7. The van der Waals surface area contributed by atoms with E-state index in [1.807, 2.05) is 0 Å². The van der Waals surface area contributed by atoms with Crippen LogP contribution in [0.2, 0.25) is 11.6 Å². The van der Waals surface area contributed by atoms with E-state index in [9.17, 15) is 14.4 Å². The summed E-state index contributed by atoms with van der Waals surface area (Å²) in [5, 5.41) is 0. The quantitative estimate of drug-likeness (QED) is 0.643. The molecule has 0 saturated carbocycles. The van der Waals surface area contributed by atoms with Crippen LogP contribution in [0, 0.1) is 0 Å². The molecule has 14 heavy (non-hydrogen) atoms. The van der Waals surface area contributed by atoms with E-state index in [1.165, 1.54) is 11.6 Å². The summed E-state index contributed by atoms with van der Waals surface area (Å²) < 4.78 is 0.501. The van der Waals surface area contributed by atoms with Gasteiger partial charge in [-0.15, -0.1) is 0 Å². The Morgan fingerprint density at radius 3 is 1.93 bits per heavy atom. The number of hydrogen-bond acceptors (Lipinski definition) is 3. The first-order chi connectivity index (χ1) is 6.36. The van der Waals surface area contributed by atoms with E-state index < -0.39 is 9.42 Å². The molecule has 0 radical (unpaired) electrons. The molecule has 1 rings (SSSR count). The molecular weight excluding hydrogens is 223 g/mol. The zero-order valence-corrected chi connectivity index (χ0v) is 9.22. The molecule has 0 aromatic heterocycles. The summed E-state index contributed by atoms with van der Waals surface area (Å²) in [6.07, 6.45) is 5.54. The van der Waals surface area contributed by atoms with Crippen LogP contribution in [0.3, 0.4) is 0 Å². The third kappa shape index (κ3) is 1.08. The predicted octanol–water partition coefficient (Wildman–Crippen LogP) is 1.35. The molecule has 0 amide bonds. The third-order valence-corrected chi connectivity index (χ3v) is 8.01. The Balaban J connectivity index is 4.25. The SMILES string of the molecule is [CH3][Mn]([CH3])(=[C]=O)(=[C]=O)(=[C]=O)[C]1=CC=CC1. The molecule has 1 aliphatic rings. The van der Waals surface area contributed by atoms with Crippen molar-refractivity contribution >= 4 is 14.4 Å². The van der Waals surface area contributed by atoms with E-state index in [0.717, 1.165) is 0 Å². The Hall–Kier alpha value is -1.26. The summed E-state index contributed by atoms with van der Waals surface area (Å²) >= 11 is 0. The van der Waals surface area contributed by atoms with Gasteiger partial charge in [0.15, 0.2) is 0 Å². The third-order valence-electron chi connectivity index (χ3n) is 2.39. The molecule has 0 aromatic rings. The average Bonchev–Trinajstić information content (AvgIpc) is 2.74. The van der Waals surface area contributed by atoms with Crippen molar-refractivity contribution in [3.63, 3.8) is 0 Å². The van der Waals surface area contributed by atoms with Crippen LogP contribution in [0.1, 0.15) is 6.42 Å². The van der Waals surface area contributed by atoms with E-state index >= 15 is 0 Å². The van der Waals surface area contributed by atoms with Gasteiger partial charge < -0.3 is 0 Å². The Kier molecular flexibility index (Phi) is 1.86. The number of hydrogen-bond donors (Lipinski definition) is 0. The van der Waals surface area contributed by atoms with Crippen molar-refractivity contribution in [2.24, 2.45) is 0 Å². The van der Waals surface area contributed by atoms with Gasteiger partial charge in [0.05, 0.1) is 0 Å². The molecule has 0 N–H and O–H groups in total. The number of rotatable bonds is 1. The topological polar surface area (TPSA) is 51.2 Å². The number of allylic oxidation sites excluding steroid dienone is 4. The van der Waals surface area contributed by atoms with Gasteiger partial charge in [-0.05, 0) is 0 Å². The van der Waals surface area contributed by atoms with Crippen molar-refractivity contribution in [1.82, 2.24) is 0 Å². The molecule has 0 saturated heterocycles. The molecule has 76 valence electrons. The molecule has 0 aromatic carbocycles. The summed E-state index contributed by atoms with van der Waals surface area (Å²) in [6.45, 7) is 0. The molecule has 0 heterocycles. The molecule has 0 fully saturated rings. The molecule has 1 aliphatic carbocycles. The monoisotopic (exact) mass is 234 g/mol. The van der Waals surface area contributed by atoms with Crippen molar-refractivity contribution in [2.45, 2.75) is 18.1 Å². The fourth-order valence-electron chi connectivity index (χ4n) is 1.11. The summed E-state index contributed by atoms with van der Waals surface area (Å²) in [4.78, 5) is 38.2. The van der Waals surface area contributed by atoms with Crippen molar-refractivity contribution < 1.29 is 23.8 Å². The molecule has 0 unspecified atom stereocenters. The van der Waals surface area contributed by atoms with Crippen LogP contribution in [0.15, 0.2) is 22.7 Å². The van der Waals surface area contributed by atoms with Gasteiger partial charge in [-0.2, -0.15) is 0 Å². The van der Waals surface area contributed by atoms with Crippen molar-refractivity contribution in [3.8, 4) is 0 Å². The summed E-state index contributed by atoms with van der Waals surface area (Å²) in [5.74, 6) is 2.70. The first-order valence-corrected chi connectivity index (χ1v) is 8.56. The second-order valence-electron chi connectivity index (χ2n) is 3.93. The van der Waals surface area contributed by atoms with Crippen molar-refractivity contribution in [3.05, 3.63) is 22.7 Å². The van der Waals surface area contributed by atoms with Gasteiger partial charge in [0.25, 0.3) is 0 Å². The van der Waals surface area contributed by atoms with E-state index in [2.05, 4.69) is 0 Å². The van der Waals surface area contributed by atoms with Gasteiger partial charge in [-0.3, -0.25) is 0 Å². The molecular formula is C10H11MnO3. The van der Waals surface area contributed by atoms with Crippen LogP contribution in [0.5, 0.6) is 0 Å². The zero-order valence-electron chi connectivity index (χ0n) is 8.04. The summed E-state index contributed by atoms with van der Waals surface area (Å²) in [6, 6.07) is 0. The molecule has 0 atom stereocenters. The van der Waals surface area contributed by atoms with Crippen LogP contribution < -0.4 is 0 Å². The molecule has 3 nitrogen and oxygen atoms in total. The van der Waals surface area contributed by atoms with Crippen molar-refractivity contribution in [1.29, 1.82) is 0 Å². The van der Waals surface area contributed by atoms with Gasteiger partial charge in [0.2, 0.25) is 0 Å². The minimum absolute atomic E-state index is 0.428. The van der Waals surface area contributed by atoms with Gasteiger partial charge >= 0.3 is 78.9 Å². The fourth-order valence-corrected chi connectivity index (χ4v) is 3.50. The molecule has 0 spiro atoms. The molecule has 0 aliphatic heterocycles. The van der Waals surface area contributed by atoms with Gasteiger partial charge in [-0.25, -0.2) is 0 Å². The van der Waals surface area contributed by atoms with Gasteiger partial charge in [-0.1, -0.05) is 0 Å². The average molecular weight is 234 g/mol. The Labute approximate surface area is 79.3 Å². The Bertz CT molecular complexity index is 632. The first kappa shape index (κ1) is 10.8. The van der Waals surface area contributed by atoms with E-state index in [-0.39, 0.29) is 0 Å². The standard InChI is InChI=1S/C5H5.3CO.2CH3.Mn/c1-2-4-5-3-1;3*1-2;;;/h1-3H,4H2;;;;2*1H3;. The Morgan fingerprint density at radius 2 is 1.64 bits per heavy atom. The maximum absolute atomic E-state index is 11.1. The first-order valence-electron chi connectivity index (χ1n) is 3.84. The second-order valence-corrected chi connectivity index (χ2v) is 13.1. The minimum atomic E-state index is -4.81. The van der Waals surface area contributed by atoms with Crippen molar-refractivity contribution in [2.75, 3.05) is 0 Å². The number of carbonyl (C=O) groups excluding carboxylic acids is 3. The van der Waals surface area contributed by atoms with E-state index in [1.54, 1.807) is 32.6 Å². The van der Waals surface area contributed by atoms with Crippen LogP contribution >= 0.6 is 0 Å². The molecule has 4 heteroatoms. The van der Waals surface area contributed by atoms with Crippen LogP contribution in [0.4, 0.5) is 0 Å². The fraction of sp³-hybridized carbons (Fsp3) is 0.300. The van der Waals surface area contributed by atoms with Gasteiger partial charge in [0, 0.05) is 0 Å².